The Morgan fingerprint density at radius 2 is 1.92 bits per heavy atom. The number of benzene rings is 1. The topological polar surface area (TPSA) is 111 Å². The third kappa shape index (κ3) is 7.88. The largest absolute Gasteiger partial charge is 0.451 e. The van der Waals surface area contributed by atoms with Gasteiger partial charge in [-0.15, -0.1) is 0 Å². The minimum Gasteiger partial charge on any atom is -0.451 e. The molecule has 9 heteroatoms. The molecule has 25 heavy (non-hydrogen) atoms. The molecule has 0 unspecified atom stereocenters. The maximum absolute atomic E-state index is 12.8. The van der Waals surface area contributed by atoms with Gasteiger partial charge in [0.1, 0.15) is 11.9 Å². The van der Waals surface area contributed by atoms with E-state index in [-0.39, 0.29) is 12.4 Å². The number of ether oxygens (including phenoxy) is 1. The lowest BCUT2D eigenvalue weighted by Crippen LogP contribution is -2.47. The fourth-order valence-electron chi connectivity index (χ4n) is 1.90. The lowest BCUT2D eigenvalue weighted by molar-refractivity contribution is -0.156. The number of primary amides is 1. The summed E-state index contributed by atoms with van der Waals surface area (Å²) in [7, 11) is 0. The number of carbonyl (C=O) groups is 3. The third-order valence-electron chi connectivity index (χ3n) is 3.25. The molecule has 1 aromatic rings. The zero-order valence-electron chi connectivity index (χ0n) is 14.1. The Morgan fingerprint density at radius 3 is 2.48 bits per heavy atom. The van der Waals surface area contributed by atoms with Crippen molar-refractivity contribution in [1.82, 2.24) is 10.6 Å². The SMILES string of the molecule is CSCC[C@H](NC(N)=O)C(=O)O[C@H](C)C(=O)NCc1ccc(F)cc1. The summed E-state index contributed by atoms with van der Waals surface area (Å²) in [6.07, 6.45) is 1.16. The van der Waals surface area contributed by atoms with Crippen molar-refractivity contribution in [1.29, 1.82) is 0 Å². The van der Waals surface area contributed by atoms with Crippen LogP contribution in [0.1, 0.15) is 18.9 Å². The number of rotatable bonds is 9. The van der Waals surface area contributed by atoms with Crippen LogP contribution in [0.25, 0.3) is 0 Å². The quantitative estimate of drug-likeness (QED) is 0.564. The van der Waals surface area contributed by atoms with Crippen LogP contribution < -0.4 is 16.4 Å². The first-order chi connectivity index (χ1) is 11.8. The predicted molar refractivity (Wildman–Crippen MR) is 93.3 cm³/mol. The van der Waals surface area contributed by atoms with Gasteiger partial charge in [-0.1, -0.05) is 12.1 Å². The molecule has 7 nitrogen and oxygen atoms in total. The minimum absolute atomic E-state index is 0.177. The van der Waals surface area contributed by atoms with Gasteiger partial charge in [-0.3, -0.25) is 4.79 Å². The summed E-state index contributed by atoms with van der Waals surface area (Å²) in [4.78, 5) is 35.1. The number of hydrogen-bond acceptors (Lipinski definition) is 5. The van der Waals surface area contributed by atoms with Crippen molar-refractivity contribution < 1.29 is 23.5 Å². The summed E-state index contributed by atoms with van der Waals surface area (Å²) >= 11 is 1.50. The second kappa shape index (κ2) is 10.5. The number of urea groups is 1. The zero-order chi connectivity index (χ0) is 18.8. The molecule has 1 rings (SSSR count). The normalized spacial score (nSPS) is 12.8. The van der Waals surface area contributed by atoms with Crippen molar-refractivity contribution in [2.45, 2.75) is 32.0 Å². The maximum Gasteiger partial charge on any atom is 0.329 e. The number of thioether (sulfide) groups is 1. The Bertz CT molecular complexity index is 598. The number of nitrogens with one attached hydrogen (secondary N) is 2. The summed E-state index contributed by atoms with van der Waals surface area (Å²) in [5, 5.41) is 4.90. The molecule has 0 spiro atoms. The van der Waals surface area contributed by atoms with Gasteiger partial charge in [-0.2, -0.15) is 11.8 Å². The molecule has 0 fully saturated rings. The van der Waals surface area contributed by atoms with Gasteiger partial charge in [0, 0.05) is 6.54 Å². The lowest BCUT2D eigenvalue weighted by Gasteiger charge is -2.19. The highest BCUT2D eigenvalue weighted by atomic mass is 32.2. The van der Waals surface area contributed by atoms with Gasteiger partial charge in [0.15, 0.2) is 6.10 Å². The fraction of sp³-hybridized carbons (Fsp3) is 0.438. The first-order valence-corrected chi connectivity index (χ1v) is 9.00. The van der Waals surface area contributed by atoms with Crippen LogP contribution in [0.2, 0.25) is 0 Å². The van der Waals surface area contributed by atoms with Crippen molar-refractivity contribution in [2.75, 3.05) is 12.0 Å². The molecular weight excluding hydrogens is 349 g/mol. The van der Waals surface area contributed by atoms with Crippen LogP contribution in [0.15, 0.2) is 24.3 Å². The average Bonchev–Trinajstić information content (AvgIpc) is 2.57. The molecule has 0 saturated carbocycles. The van der Waals surface area contributed by atoms with Crippen molar-refractivity contribution >= 4 is 29.7 Å². The van der Waals surface area contributed by atoms with Crippen LogP contribution in [0.3, 0.4) is 0 Å². The van der Waals surface area contributed by atoms with E-state index in [1.165, 1.54) is 30.8 Å². The van der Waals surface area contributed by atoms with E-state index in [2.05, 4.69) is 10.6 Å². The van der Waals surface area contributed by atoms with Gasteiger partial charge in [0.25, 0.3) is 5.91 Å². The van der Waals surface area contributed by atoms with Crippen LogP contribution in [-0.4, -0.2) is 42.1 Å². The lowest BCUT2D eigenvalue weighted by atomic mass is 10.2. The van der Waals surface area contributed by atoms with Gasteiger partial charge in [-0.25, -0.2) is 14.0 Å². The predicted octanol–water partition coefficient (Wildman–Crippen LogP) is 1.16. The van der Waals surface area contributed by atoms with Crippen molar-refractivity contribution in [3.05, 3.63) is 35.6 Å². The van der Waals surface area contributed by atoms with E-state index in [1.807, 2.05) is 6.26 Å². The van der Waals surface area contributed by atoms with Crippen molar-refractivity contribution in [2.24, 2.45) is 5.73 Å². The second-order valence-electron chi connectivity index (χ2n) is 5.27. The van der Waals surface area contributed by atoms with Crippen molar-refractivity contribution in [3.63, 3.8) is 0 Å². The van der Waals surface area contributed by atoms with Crippen LogP contribution in [-0.2, 0) is 20.9 Å². The number of carbonyl (C=O) groups excluding carboxylic acids is 3. The van der Waals surface area contributed by atoms with Crippen LogP contribution in [0.4, 0.5) is 9.18 Å². The molecule has 2 atom stereocenters. The van der Waals surface area contributed by atoms with E-state index in [4.69, 9.17) is 10.5 Å². The number of halogens is 1. The molecule has 0 bridgehead atoms. The molecule has 4 N–H and O–H groups in total. The van der Waals surface area contributed by atoms with E-state index in [0.29, 0.717) is 17.7 Å². The Balaban J connectivity index is 2.51. The van der Waals surface area contributed by atoms with Crippen molar-refractivity contribution in [3.8, 4) is 0 Å². The van der Waals surface area contributed by atoms with Crippen LogP contribution in [0, 0.1) is 5.82 Å². The molecule has 1 aromatic carbocycles. The molecule has 0 aliphatic carbocycles. The first-order valence-electron chi connectivity index (χ1n) is 7.61. The van der Waals surface area contributed by atoms with Gasteiger partial charge in [0.05, 0.1) is 0 Å². The summed E-state index contributed by atoms with van der Waals surface area (Å²) in [5.41, 5.74) is 5.76. The van der Waals surface area contributed by atoms with Gasteiger partial charge >= 0.3 is 12.0 Å². The smallest absolute Gasteiger partial charge is 0.329 e. The second-order valence-corrected chi connectivity index (χ2v) is 6.25. The standard InChI is InChI=1S/C16H22FN3O4S/c1-10(14(21)19-9-11-3-5-12(17)6-4-11)24-15(22)13(7-8-25-2)20-16(18)23/h3-6,10,13H,7-9H2,1-2H3,(H,19,21)(H3,18,20,23)/t10-,13+/m1/s1. The van der Waals surface area contributed by atoms with Crippen LogP contribution in [0.5, 0.6) is 0 Å². The van der Waals surface area contributed by atoms with Crippen LogP contribution >= 0.6 is 11.8 Å². The number of amides is 3. The van der Waals surface area contributed by atoms with E-state index >= 15 is 0 Å². The molecule has 0 heterocycles. The van der Waals surface area contributed by atoms with E-state index < -0.39 is 30.1 Å². The Morgan fingerprint density at radius 1 is 1.28 bits per heavy atom. The molecule has 0 saturated heterocycles. The summed E-state index contributed by atoms with van der Waals surface area (Å²) in [5.74, 6) is -0.973. The highest BCUT2D eigenvalue weighted by Crippen LogP contribution is 2.06. The molecule has 0 aliphatic rings. The maximum atomic E-state index is 12.8. The molecule has 3 amide bonds. The monoisotopic (exact) mass is 371 g/mol. The third-order valence-corrected chi connectivity index (χ3v) is 3.90. The van der Waals surface area contributed by atoms with Gasteiger partial charge in [0.2, 0.25) is 0 Å². The summed E-state index contributed by atoms with van der Waals surface area (Å²) in [6, 6.07) is 3.92. The first kappa shape index (κ1) is 20.8. The van der Waals surface area contributed by atoms with E-state index in [9.17, 15) is 18.8 Å². The molecule has 0 radical (unpaired) electrons. The Labute approximate surface area is 149 Å². The minimum atomic E-state index is -1.04. The van der Waals surface area contributed by atoms with Gasteiger partial charge < -0.3 is 21.1 Å². The number of esters is 1. The highest BCUT2D eigenvalue weighted by Gasteiger charge is 2.25. The molecule has 138 valence electrons. The van der Waals surface area contributed by atoms with E-state index in [1.54, 1.807) is 12.1 Å². The average molecular weight is 371 g/mol. The summed E-state index contributed by atoms with van der Waals surface area (Å²) in [6.45, 7) is 1.60. The number of hydrogen-bond donors (Lipinski definition) is 3. The van der Waals surface area contributed by atoms with E-state index in [0.717, 1.165) is 0 Å². The molecule has 0 aromatic heterocycles. The Kier molecular flexibility index (Phi) is 8.76. The zero-order valence-corrected chi connectivity index (χ0v) is 14.9. The molecular formula is C16H22FN3O4S. The fourth-order valence-corrected chi connectivity index (χ4v) is 2.37. The number of nitrogens with two attached hydrogens (primary N) is 1. The summed E-state index contributed by atoms with van der Waals surface area (Å²) < 4.78 is 17.9. The van der Waals surface area contributed by atoms with Gasteiger partial charge in [-0.05, 0) is 43.0 Å². The molecule has 0 aliphatic heterocycles. The highest BCUT2D eigenvalue weighted by molar-refractivity contribution is 7.98. The Hall–Kier alpha value is -2.29.